The van der Waals surface area contributed by atoms with Gasteiger partial charge in [0.15, 0.2) is 0 Å². The van der Waals surface area contributed by atoms with Crippen LogP contribution >= 0.6 is 0 Å². The number of aryl methyl sites for hydroxylation is 1. The summed E-state index contributed by atoms with van der Waals surface area (Å²) >= 11 is 0. The SMILES string of the molecule is CCCCc1cc(C[C@H]2CNCC[C@H]2CC(=O)N2CCN(c3ccccn3)CC2)no1. The molecule has 2 aromatic rings. The average Bonchev–Trinajstić information content (AvgIpc) is 3.27. The highest BCUT2D eigenvalue weighted by atomic mass is 16.5. The van der Waals surface area contributed by atoms with Crippen molar-refractivity contribution in [1.82, 2.24) is 20.4 Å². The molecule has 2 aromatic heterocycles. The number of hydrogen-bond donors (Lipinski definition) is 1. The maximum absolute atomic E-state index is 13.1. The predicted molar refractivity (Wildman–Crippen MR) is 121 cm³/mol. The van der Waals surface area contributed by atoms with Crippen LogP contribution in [0.15, 0.2) is 35.0 Å². The van der Waals surface area contributed by atoms with Crippen molar-refractivity contribution in [2.75, 3.05) is 44.2 Å². The van der Waals surface area contributed by atoms with Gasteiger partial charge in [0.1, 0.15) is 11.6 Å². The topological polar surface area (TPSA) is 74.5 Å². The molecular formula is C24H35N5O2. The number of piperazine rings is 1. The molecule has 2 saturated heterocycles. The number of unbranched alkanes of at least 4 members (excludes halogenated alkanes) is 1. The zero-order valence-electron chi connectivity index (χ0n) is 18.6. The van der Waals surface area contributed by atoms with E-state index in [0.717, 1.165) is 88.6 Å². The predicted octanol–water partition coefficient (Wildman–Crippen LogP) is 2.92. The maximum atomic E-state index is 13.1. The molecule has 0 aromatic carbocycles. The molecule has 7 nitrogen and oxygen atoms in total. The molecule has 2 fully saturated rings. The number of rotatable bonds is 8. The summed E-state index contributed by atoms with van der Waals surface area (Å²) in [6, 6.07) is 8.09. The number of hydrogen-bond acceptors (Lipinski definition) is 6. The third-order valence-electron chi connectivity index (χ3n) is 6.66. The second-order valence-corrected chi connectivity index (χ2v) is 8.87. The van der Waals surface area contributed by atoms with E-state index in [1.807, 2.05) is 29.3 Å². The molecule has 0 aliphatic carbocycles. The van der Waals surface area contributed by atoms with Crippen LogP contribution in [0.5, 0.6) is 0 Å². The van der Waals surface area contributed by atoms with E-state index in [4.69, 9.17) is 4.52 Å². The van der Waals surface area contributed by atoms with E-state index < -0.39 is 0 Å². The summed E-state index contributed by atoms with van der Waals surface area (Å²) in [5, 5.41) is 7.80. The molecule has 0 spiro atoms. The molecule has 2 aliphatic heterocycles. The fourth-order valence-corrected chi connectivity index (χ4v) is 4.75. The second-order valence-electron chi connectivity index (χ2n) is 8.87. The Morgan fingerprint density at radius 1 is 1.23 bits per heavy atom. The van der Waals surface area contributed by atoms with Gasteiger partial charge in [-0.1, -0.05) is 24.6 Å². The summed E-state index contributed by atoms with van der Waals surface area (Å²) in [5.41, 5.74) is 1.03. The standard InChI is InChI=1S/C24H35N5O2/c1-2-3-6-22-17-21(27-31-22)15-20-18-25-10-8-19(20)16-24(30)29-13-11-28(12-14-29)23-7-4-5-9-26-23/h4-5,7,9,17,19-20,25H,2-3,6,8,10-16,18H2,1H3/t19-,20-/m0/s1. The van der Waals surface area contributed by atoms with E-state index in [0.29, 0.717) is 24.2 Å². The van der Waals surface area contributed by atoms with Crippen LogP contribution in [-0.2, 0) is 17.6 Å². The van der Waals surface area contributed by atoms with Crippen LogP contribution in [0, 0.1) is 11.8 Å². The monoisotopic (exact) mass is 425 g/mol. The van der Waals surface area contributed by atoms with Crippen LogP contribution in [0.25, 0.3) is 0 Å². The Morgan fingerprint density at radius 3 is 2.87 bits per heavy atom. The molecule has 4 heterocycles. The molecule has 2 aliphatic rings. The Bertz CT molecular complexity index is 816. The van der Waals surface area contributed by atoms with Crippen molar-refractivity contribution in [3.05, 3.63) is 41.9 Å². The smallest absolute Gasteiger partial charge is 0.222 e. The van der Waals surface area contributed by atoms with Crippen molar-refractivity contribution in [3.8, 4) is 0 Å². The van der Waals surface area contributed by atoms with E-state index in [1.54, 1.807) is 0 Å². The lowest BCUT2D eigenvalue weighted by Gasteiger charge is -2.37. The highest BCUT2D eigenvalue weighted by Gasteiger charge is 2.30. The molecule has 0 saturated carbocycles. The highest BCUT2D eigenvalue weighted by Crippen LogP contribution is 2.27. The van der Waals surface area contributed by atoms with E-state index in [-0.39, 0.29) is 0 Å². The fourth-order valence-electron chi connectivity index (χ4n) is 4.75. The van der Waals surface area contributed by atoms with Crippen LogP contribution in [0.1, 0.15) is 44.1 Å². The molecule has 168 valence electrons. The van der Waals surface area contributed by atoms with Crippen LogP contribution in [0.3, 0.4) is 0 Å². The molecule has 1 amide bonds. The zero-order chi connectivity index (χ0) is 21.5. The highest BCUT2D eigenvalue weighted by molar-refractivity contribution is 5.76. The number of amides is 1. The number of carbonyl (C=O) groups excluding carboxylic acids is 1. The number of anilines is 1. The molecule has 7 heteroatoms. The first-order valence-electron chi connectivity index (χ1n) is 11.8. The number of carbonyl (C=O) groups is 1. The van der Waals surface area contributed by atoms with Gasteiger partial charge in [-0.3, -0.25) is 4.79 Å². The number of aromatic nitrogens is 2. The fraction of sp³-hybridized carbons (Fsp3) is 0.625. The minimum Gasteiger partial charge on any atom is -0.361 e. The zero-order valence-corrected chi connectivity index (χ0v) is 18.6. The first kappa shape index (κ1) is 21.8. The number of nitrogens with zero attached hydrogens (tertiary/aromatic N) is 4. The van der Waals surface area contributed by atoms with Gasteiger partial charge < -0.3 is 19.6 Å². The average molecular weight is 426 g/mol. The quantitative estimate of drug-likeness (QED) is 0.701. The first-order chi connectivity index (χ1) is 15.2. The molecule has 2 atom stereocenters. The third-order valence-corrected chi connectivity index (χ3v) is 6.66. The minimum atomic E-state index is 0.293. The summed E-state index contributed by atoms with van der Waals surface area (Å²) in [4.78, 5) is 21.8. The lowest BCUT2D eigenvalue weighted by atomic mass is 9.81. The van der Waals surface area contributed by atoms with Gasteiger partial charge in [-0.25, -0.2) is 4.98 Å². The summed E-state index contributed by atoms with van der Waals surface area (Å²) in [6.45, 7) is 7.36. The van der Waals surface area contributed by atoms with Gasteiger partial charge in [-0.05, 0) is 56.3 Å². The Balaban J connectivity index is 1.29. The van der Waals surface area contributed by atoms with E-state index in [1.165, 1.54) is 0 Å². The first-order valence-corrected chi connectivity index (χ1v) is 11.8. The minimum absolute atomic E-state index is 0.293. The maximum Gasteiger partial charge on any atom is 0.222 e. The van der Waals surface area contributed by atoms with Gasteiger partial charge in [0.05, 0.1) is 5.69 Å². The van der Waals surface area contributed by atoms with E-state index in [2.05, 4.69) is 33.3 Å². The lowest BCUT2D eigenvalue weighted by molar-refractivity contribution is -0.133. The van der Waals surface area contributed by atoms with Crippen molar-refractivity contribution in [3.63, 3.8) is 0 Å². The molecule has 0 radical (unpaired) electrons. The van der Waals surface area contributed by atoms with Gasteiger partial charge >= 0.3 is 0 Å². The van der Waals surface area contributed by atoms with Crippen LogP contribution < -0.4 is 10.2 Å². The lowest BCUT2D eigenvalue weighted by Crippen LogP contribution is -2.50. The van der Waals surface area contributed by atoms with E-state index >= 15 is 0 Å². The van der Waals surface area contributed by atoms with Gasteiger partial charge in [0, 0.05) is 51.3 Å². The molecule has 31 heavy (non-hydrogen) atoms. The van der Waals surface area contributed by atoms with Crippen molar-refractivity contribution in [1.29, 1.82) is 0 Å². The van der Waals surface area contributed by atoms with E-state index in [9.17, 15) is 4.79 Å². The largest absolute Gasteiger partial charge is 0.361 e. The summed E-state index contributed by atoms with van der Waals surface area (Å²) < 4.78 is 5.51. The van der Waals surface area contributed by atoms with Crippen molar-refractivity contribution >= 4 is 11.7 Å². The van der Waals surface area contributed by atoms with Crippen molar-refractivity contribution in [2.24, 2.45) is 11.8 Å². The molecule has 1 N–H and O–H groups in total. The summed E-state index contributed by atoms with van der Waals surface area (Å²) in [6.07, 6.45) is 7.63. The van der Waals surface area contributed by atoms with Crippen LogP contribution in [0.4, 0.5) is 5.82 Å². The number of piperidine rings is 1. The normalized spacial score (nSPS) is 22.0. The molecule has 0 bridgehead atoms. The van der Waals surface area contributed by atoms with Crippen molar-refractivity contribution in [2.45, 2.75) is 45.4 Å². The number of pyridine rings is 1. The summed E-state index contributed by atoms with van der Waals surface area (Å²) in [5.74, 6) is 3.11. The Hall–Kier alpha value is -2.41. The Morgan fingerprint density at radius 2 is 2.10 bits per heavy atom. The second kappa shape index (κ2) is 10.8. The van der Waals surface area contributed by atoms with Gasteiger partial charge in [0.2, 0.25) is 5.91 Å². The summed E-state index contributed by atoms with van der Waals surface area (Å²) in [7, 11) is 0. The Kier molecular flexibility index (Phi) is 7.57. The van der Waals surface area contributed by atoms with Gasteiger partial charge in [-0.2, -0.15) is 0 Å². The third kappa shape index (κ3) is 5.85. The number of nitrogens with one attached hydrogen (secondary N) is 1. The molecular weight excluding hydrogens is 390 g/mol. The van der Waals surface area contributed by atoms with Gasteiger partial charge in [-0.15, -0.1) is 0 Å². The van der Waals surface area contributed by atoms with Crippen molar-refractivity contribution < 1.29 is 9.32 Å². The van der Waals surface area contributed by atoms with Crippen LogP contribution in [0.2, 0.25) is 0 Å². The van der Waals surface area contributed by atoms with Gasteiger partial charge in [0.25, 0.3) is 0 Å². The Labute approximate surface area is 185 Å². The van der Waals surface area contributed by atoms with Crippen LogP contribution in [-0.4, -0.2) is 60.2 Å². The molecule has 4 rings (SSSR count). The molecule has 0 unspecified atom stereocenters.